The Bertz CT molecular complexity index is 3170. The molecule has 0 N–H and O–H groups in total. The predicted molar refractivity (Wildman–Crippen MR) is 222 cm³/mol. The Morgan fingerprint density at radius 1 is 0.340 bits per heavy atom. The molecule has 11 rings (SSSR count). The van der Waals surface area contributed by atoms with Crippen molar-refractivity contribution in [2.75, 3.05) is 4.90 Å². The van der Waals surface area contributed by atoms with Gasteiger partial charge in [0, 0.05) is 49.6 Å². The van der Waals surface area contributed by atoms with Crippen LogP contribution in [0.15, 0.2) is 197 Å². The topological polar surface area (TPSA) is 29.5 Å². The van der Waals surface area contributed by atoms with E-state index in [1.54, 1.807) is 0 Å². The molecule has 11 aromatic rings. The van der Waals surface area contributed by atoms with Gasteiger partial charge < -0.3 is 13.7 Å². The minimum absolute atomic E-state index is 0.829. The van der Waals surface area contributed by atoms with Crippen molar-refractivity contribution in [3.63, 3.8) is 0 Å². The highest BCUT2D eigenvalue weighted by Crippen LogP contribution is 2.49. The number of furan rings is 2. The zero-order valence-electron chi connectivity index (χ0n) is 28.7. The van der Waals surface area contributed by atoms with Gasteiger partial charge in [-0.15, -0.1) is 0 Å². The van der Waals surface area contributed by atoms with E-state index in [2.05, 4.69) is 187 Å². The Hall–Kier alpha value is -7.10. The molecule has 9 aromatic carbocycles. The van der Waals surface area contributed by atoms with Crippen LogP contribution < -0.4 is 4.90 Å². The van der Waals surface area contributed by atoms with Crippen LogP contribution in [0.1, 0.15) is 0 Å². The van der Waals surface area contributed by atoms with Crippen LogP contribution in [0.3, 0.4) is 0 Å². The lowest BCUT2D eigenvalue weighted by Crippen LogP contribution is -2.11. The van der Waals surface area contributed by atoms with Crippen molar-refractivity contribution >= 4 is 82.5 Å². The van der Waals surface area contributed by atoms with E-state index in [4.69, 9.17) is 8.83 Å². The maximum absolute atomic E-state index is 7.04. The summed E-state index contributed by atoms with van der Waals surface area (Å²) in [6.45, 7) is 0. The minimum atomic E-state index is 0.829. The van der Waals surface area contributed by atoms with Crippen LogP contribution in [0.5, 0.6) is 0 Å². The van der Waals surface area contributed by atoms with Crippen LogP contribution >= 0.6 is 0 Å². The van der Waals surface area contributed by atoms with Gasteiger partial charge in [-0.3, -0.25) is 0 Å². The third kappa shape index (κ3) is 4.61. The van der Waals surface area contributed by atoms with Crippen LogP contribution in [-0.4, -0.2) is 0 Å². The van der Waals surface area contributed by atoms with Crippen LogP contribution in [0.25, 0.3) is 87.7 Å². The van der Waals surface area contributed by atoms with Crippen LogP contribution in [-0.2, 0) is 0 Å². The highest BCUT2D eigenvalue weighted by Gasteiger charge is 2.25. The standard InChI is InChI=1S/C50H31NO2/c1-3-14-32(15-4-1)35-19-11-20-36(30-35)51(44-27-13-26-42-41-25-12-24-38(48(41)53-50(42)44)33-16-5-2-6-17-33)45-31-46-47(40-23-10-9-22-39(40)45)43-29-28-34-18-7-8-21-37(34)49(43)52-46/h1-31H. The van der Waals surface area contributed by atoms with E-state index in [0.717, 1.165) is 105 Å². The van der Waals surface area contributed by atoms with Gasteiger partial charge in [0.2, 0.25) is 0 Å². The largest absolute Gasteiger partial charge is 0.455 e. The normalized spacial score (nSPS) is 11.8. The second-order valence-corrected chi connectivity index (χ2v) is 13.6. The molecule has 2 heterocycles. The van der Waals surface area contributed by atoms with E-state index in [-0.39, 0.29) is 0 Å². The lowest BCUT2D eigenvalue weighted by Gasteiger charge is -2.27. The molecular weight excluding hydrogens is 647 g/mol. The van der Waals surface area contributed by atoms with Crippen molar-refractivity contribution in [3.8, 4) is 22.3 Å². The van der Waals surface area contributed by atoms with E-state index in [0.29, 0.717) is 0 Å². The van der Waals surface area contributed by atoms with Gasteiger partial charge in [0.25, 0.3) is 0 Å². The van der Waals surface area contributed by atoms with Crippen LogP contribution in [0.2, 0.25) is 0 Å². The Labute approximate surface area is 305 Å². The van der Waals surface area contributed by atoms with Crippen molar-refractivity contribution in [2.45, 2.75) is 0 Å². The van der Waals surface area contributed by atoms with Gasteiger partial charge in [-0.25, -0.2) is 0 Å². The first-order valence-electron chi connectivity index (χ1n) is 18.0. The summed E-state index contributed by atoms with van der Waals surface area (Å²) in [5.41, 5.74) is 10.9. The quantitative estimate of drug-likeness (QED) is 0.182. The van der Waals surface area contributed by atoms with Gasteiger partial charge in [-0.05, 0) is 51.7 Å². The Morgan fingerprint density at radius 3 is 1.81 bits per heavy atom. The molecule has 0 aliphatic carbocycles. The van der Waals surface area contributed by atoms with Crippen molar-refractivity contribution in [1.29, 1.82) is 0 Å². The lowest BCUT2D eigenvalue weighted by molar-refractivity contribution is 0.669. The second-order valence-electron chi connectivity index (χ2n) is 13.6. The molecule has 0 saturated carbocycles. The molecule has 53 heavy (non-hydrogen) atoms. The summed E-state index contributed by atoms with van der Waals surface area (Å²) in [6.07, 6.45) is 0. The zero-order valence-corrected chi connectivity index (χ0v) is 28.7. The molecule has 0 atom stereocenters. The third-order valence-corrected chi connectivity index (χ3v) is 10.6. The summed E-state index contributed by atoms with van der Waals surface area (Å²) in [7, 11) is 0. The summed E-state index contributed by atoms with van der Waals surface area (Å²) in [5, 5.41) is 8.94. The summed E-state index contributed by atoms with van der Waals surface area (Å²) in [6, 6.07) is 66.5. The molecule has 0 bridgehead atoms. The summed E-state index contributed by atoms with van der Waals surface area (Å²) in [4.78, 5) is 2.35. The first-order valence-corrected chi connectivity index (χ1v) is 18.0. The zero-order chi connectivity index (χ0) is 34.9. The molecule has 0 aliphatic heterocycles. The van der Waals surface area contributed by atoms with Gasteiger partial charge in [0.05, 0.1) is 11.4 Å². The van der Waals surface area contributed by atoms with Gasteiger partial charge in [0.15, 0.2) is 5.58 Å². The lowest BCUT2D eigenvalue weighted by atomic mass is 9.98. The van der Waals surface area contributed by atoms with Crippen molar-refractivity contribution in [2.24, 2.45) is 0 Å². The molecule has 0 aliphatic rings. The Balaban J connectivity index is 1.24. The predicted octanol–water partition coefficient (Wildman–Crippen LogP) is 14.6. The fraction of sp³-hybridized carbons (Fsp3) is 0. The van der Waals surface area contributed by atoms with Gasteiger partial charge in [-0.2, -0.15) is 0 Å². The number of anilines is 3. The SMILES string of the molecule is c1ccc(-c2cccc(N(c3cc4oc5c6ccccc6ccc5c4c4ccccc34)c3cccc4c3oc3c(-c5ccccc5)cccc34)c2)cc1. The monoisotopic (exact) mass is 677 g/mol. The molecule has 248 valence electrons. The van der Waals surface area contributed by atoms with Crippen LogP contribution in [0.4, 0.5) is 17.1 Å². The van der Waals surface area contributed by atoms with E-state index in [1.807, 2.05) is 6.07 Å². The fourth-order valence-electron chi connectivity index (χ4n) is 8.22. The third-order valence-electron chi connectivity index (χ3n) is 10.6. The Morgan fingerprint density at radius 2 is 0.981 bits per heavy atom. The number of rotatable bonds is 5. The number of nitrogens with zero attached hydrogens (tertiary/aromatic N) is 1. The molecule has 0 saturated heterocycles. The highest BCUT2D eigenvalue weighted by molar-refractivity contribution is 6.26. The Kier molecular flexibility index (Phi) is 6.55. The van der Waals surface area contributed by atoms with Gasteiger partial charge >= 0.3 is 0 Å². The van der Waals surface area contributed by atoms with Crippen molar-refractivity contribution in [1.82, 2.24) is 0 Å². The molecule has 3 nitrogen and oxygen atoms in total. The van der Waals surface area contributed by atoms with Gasteiger partial charge in [0.1, 0.15) is 16.7 Å². The smallest absolute Gasteiger partial charge is 0.159 e. The van der Waals surface area contributed by atoms with Crippen molar-refractivity contribution < 1.29 is 8.83 Å². The summed E-state index contributed by atoms with van der Waals surface area (Å²) in [5.74, 6) is 0. The molecule has 0 spiro atoms. The number of fused-ring (bicyclic) bond motifs is 10. The number of hydrogen-bond donors (Lipinski definition) is 0. The molecular formula is C50H31NO2. The number of benzene rings is 9. The summed E-state index contributed by atoms with van der Waals surface area (Å²) < 4.78 is 13.9. The second kappa shape index (κ2) is 11.7. The number of hydrogen-bond acceptors (Lipinski definition) is 3. The molecule has 0 fully saturated rings. The molecule has 2 aromatic heterocycles. The van der Waals surface area contributed by atoms with E-state index < -0.39 is 0 Å². The highest BCUT2D eigenvalue weighted by atomic mass is 16.3. The summed E-state index contributed by atoms with van der Waals surface area (Å²) >= 11 is 0. The molecule has 0 amide bonds. The van der Waals surface area contributed by atoms with Crippen molar-refractivity contribution in [3.05, 3.63) is 188 Å². The fourth-order valence-corrected chi connectivity index (χ4v) is 8.22. The first kappa shape index (κ1) is 29.6. The molecule has 3 heteroatoms. The number of para-hydroxylation sites is 2. The molecule has 0 unspecified atom stereocenters. The maximum Gasteiger partial charge on any atom is 0.159 e. The average Bonchev–Trinajstić information content (AvgIpc) is 3.81. The maximum atomic E-state index is 7.04. The first-order chi connectivity index (χ1) is 26.3. The van der Waals surface area contributed by atoms with E-state index in [1.165, 1.54) is 0 Å². The average molecular weight is 678 g/mol. The van der Waals surface area contributed by atoms with Crippen LogP contribution in [0, 0.1) is 0 Å². The molecule has 0 radical (unpaired) electrons. The van der Waals surface area contributed by atoms with E-state index >= 15 is 0 Å². The van der Waals surface area contributed by atoms with Gasteiger partial charge in [-0.1, -0.05) is 158 Å². The van der Waals surface area contributed by atoms with E-state index in [9.17, 15) is 0 Å². The minimum Gasteiger partial charge on any atom is -0.455 e.